The van der Waals surface area contributed by atoms with Gasteiger partial charge in [0.05, 0.1) is 24.3 Å². The van der Waals surface area contributed by atoms with Crippen LogP contribution in [0.15, 0.2) is 36.4 Å². The van der Waals surface area contributed by atoms with Crippen molar-refractivity contribution in [3.8, 4) is 11.5 Å². The van der Waals surface area contributed by atoms with Crippen LogP contribution >= 0.6 is 23.2 Å². The molecule has 0 heterocycles. The smallest absolute Gasteiger partial charge is 0.261 e. The molecular formula is C26H33Cl2NO3. The summed E-state index contributed by atoms with van der Waals surface area (Å²) in [5.41, 5.74) is 1.57. The van der Waals surface area contributed by atoms with E-state index in [1.165, 1.54) is 51.9 Å². The number of methoxy groups -OCH3 is 2. The van der Waals surface area contributed by atoms with Crippen LogP contribution in [0.4, 0.5) is 0 Å². The lowest BCUT2D eigenvalue weighted by atomic mass is 9.87. The molecule has 0 bridgehead atoms. The number of hydrogen-bond donors (Lipinski definition) is 0. The second-order valence-corrected chi connectivity index (χ2v) is 9.27. The Kier molecular flexibility index (Phi) is 9.55. The molecular weight excluding hydrogens is 445 g/mol. The molecule has 2 aromatic rings. The molecule has 0 saturated heterocycles. The van der Waals surface area contributed by atoms with Gasteiger partial charge in [-0.1, -0.05) is 85.6 Å². The molecule has 1 saturated carbocycles. The highest BCUT2D eigenvalue weighted by molar-refractivity contribution is 6.37. The zero-order chi connectivity index (χ0) is 22.9. The zero-order valence-electron chi connectivity index (χ0n) is 19.0. The monoisotopic (exact) mass is 477 g/mol. The maximum atomic E-state index is 13.8. The minimum absolute atomic E-state index is 0.146. The van der Waals surface area contributed by atoms with E-state index in [0.29, 0.717) is 46.1 Å². The van der Waals surface area contributed by atoms with Crippen molar-refractivity contribution in [2.75, 3.05) is 27.3 Å². The topological polar surface area (TPSA) is 38.8 Å². The maximum absolute atomic E-state index is 13.8. The molecule has 174 valence electrons. The highest BCUT2D eigenvalue weighted by atomic mass is 35.5. The van der Waals surface area contributed by atoms with Gasteiger partial charge in [-0.05, 0) is 36.8 Å². The second kappa shape index (κ2) is 12.4. The van der Waals surface area contributed by atoms with Crippen molar-refractivity contribution in [2.45, 2.75) is 51.4 Å². The number of carbonyl (C=O) groups excluding carboxylic acids is 1. The molecule has 0 radical (unpaired) electrons. The standard InChI is InChI=1S/C26H33Cl2NO3/c1-31-24-21(27)18-22(28)25(32-2)23(24)26(30)29(17-15-20-12-7-4-8-13-20)16-9-14-19-10-5-3-6-11-19/h3,5-6,10-11,18,20H,4,7-9,12-17H2,1-2H3. The first-order valence-corrected chi connectivity index (χ1v) is 12.2. The van der Waals surface area contributed by atoms with Gasteiger partial charge in [0.15, 0.2) is 11.5 Å². The molecule has 0 unspecified atom stereocenters. The Morgan fingerprint density at radius 1 is 0.969 bits per heavy atom. The van der Waals surface area contributed by atoms with Crippen LogP contribution in [0.2, 0.25) is 10.0 Å². The highest BCUT2D eigenvalue weighted by Gasteiger charge is 2.28. The van der Waals surface area contributed by atoms with E-state index in [2.05, 4.69) is 12.1 Å². The number of amides is 1. The summed E-state index contributed by atoms with van der Waals surface area (Å²) in [6.07, 6.45) is 9.21. The summed E-state index contributed by atoms with van der Waals surface area (Å²) in [6.45, 7) is 1.35. The zero-order valence-corrected chi connectivity index (χ0v) is 20.6. The third-order valence-electron chi connectivity index (χ3n) is 6.32. The van der Waals surface area contributed by atoms with Gasteiger partial charge in [0.25, 0.3) is 5.91 Å². The van der Waals surface area contributed by atoms with E-state index in [9.17, 15) is 4.79 Å². The van der Waals surface area contributed by atoms with Crippen molar-refractivity contribution < 1.29 is 14.3 Å². The molecule has 0 spiro atoms. The minimum Gasteiger partial charge on any atom is -0.494 e. The number of halogens is 2. The molecule has 6 heteroatoms. The Morgan fingerprint density at radius 2 is 1.59 bits per heavy atom. The molecule has 0 N–H and O–H groups in total. The third-order valence-corrected chi connectivity index (χ3v) is 6.88. The fourth-order valence-electron chi connectivity index (χ4n) is 4.58. The summed E-state index contributed by atoms with van der Waals surface area (Å²) in [5.74, 6) is 1.15. The van der Waals surface area contributed by atoms with Crippen molar-refractivity contribution in [1.82, 2.24) is 4.90 Å². The third kappa shape index (κ3) is 6.32. The van der Waals surface area contributed by atoms with Crippen molar-refractivity contribution >= 4 is 29.1 Å². The van der Waals surface area contributed by atoms with Crippen LogP contribution in [-0.2, 0) is 6.42 Å². The number of hydrogen-bond acceptors (Lipinski definition) is 3. The van der Waals surface area contributed by atoms with Gasteiger partial charge in [0.2, 0.25) is 0 Å². The molecule has 0 aliphatic heterocycles. The highest BCUT2D eigenvalue weighted by Crippen LogP contribution is 2.42. The van der Waals surface area contributed by atoms with Gasteiger partial charge in [0.1, 0.15) is 5.56 Å². The number of aryl methyl sites for hydroxylation is 1. The second-order valence-electron chi connectivity index (χ2n) is 8.46. The van der Waals surface area contributed by atoms with Crippen LogP contribution in [0.25, 0.3) is 0 Å². The SMILES string of the molecule is COc1c(Cl)cc(Cl)c(OC)c1C(=O)N(CCCc1ccccc1)CCC1CCCCC1. The number of carbonyl (C=O) groups is 1. The first-order valence-electron chi connectivity index (χ1n) is 11.5. The Balaban J connectivity index is 1.81. The van der Waals surface area contributed by atoms with E-state index in [0.717, 1.165) is 19.3 Å². The van der Waals surface area contributed by atoms with Crippen LogP contribution in [0, 0.1) is 5.92 Å². The van der Waals surface area contributed by atoms with Crippen molar-refractivity contribution in [3.63, 3.8) is 0 Å². The van der Waals surface area contributed by atoms with Gasteiger partial charge in [-0.2, -0.15) is 0 Å². The van der Waals surface area contributed by atoms with Crippen LogP contribution in [0.1, 0.15) is 60.9 Å². The van der Waals surface area contributed by atoms with Crippen LogP contribution in [-0.4, -0.2) is 38.1 Å². The van der Waals surface area contributed by atoms with Crippen molar-refractivity contribution in [1.29, 1.82) is 0 Å². The molecule has 0 aromatic heterocycles. The summed E-state index contributed by atoms with van der Waals surface area (Å²) < 4.78 is 11.0. The average Bonchev–Trinajstić information content (AvgIpc) is 2.81. The quantitative estimate of drug-likeness (QED) is 0.367. The van der Waals surface area contributed by atoms with Crippen molar-refractivity contribution in [3.05, 3.63) is 57.6 Å². The number of benzene rings is 2. The van der Waals surface area contributed by atoms with E-state index >= 15 is 0 Å². The predicted molar refractivity (Wildman–Crippen MR) is 131 cm³/mol. The van der Waals surface area contributed by atoms with E-state index in [1.54, 1.807) is 6.07 Å². The van der Waals surface area contributed by atoms with Gasteiger partial charge in [-0.3, -0.25) is 4.79 Å². The van der Waals surface area contributed by atoms with Gasteiger partial charge < -0.3 is 14.4 Å². The Hall–Kier alpha value is -1.91. The summed E-state index contributed by atoms with van der Waals surface area (Å²) >= 11 is 12.7. The molecule has 1 amide bonds. The lowest BCUT2D eigenvalue weighted by Crippen LogP contribution is -2.35. The molecule has 4 nitrogen and oxygen atoms in total. The average molecular weight is 478 g/mol. The van der Waals surface area contributed by atoms with E-state index in [-0.39, 0.29) is 5.91 Å². The fourth-order valence-corrected chi connectivity index (χ4v) is 5.20. The van der Waals surface area contributed by atoms with Gasteiger partial charge in [-0.25, -0.2) is 0 Å². The van der Waals surface area contributed by atoms with E-state index in [4.69, 9.17) is 32.7 Å². The van der Waals surface area contributed by atoms with E-state index in [1.807, 2.05) is 23.1 Å². The van der Waals surface area contributed by atoms with Crippen molar-refractivity contribution in [2.24, 2.45) is 5.92 Å². The molecule has 1 fully saturated rings. The molecule has 1 aliphatic carbocycles. The van der Waals surface area contributed by atoms with Gasteiger partial charge in [-0.15, -0.1) is 0 Å². The molecule has 2 aromatic carbocycles. The molecule has 32 heavy (non-hydrogen) atoms. The number of nitrogens with zero attached hydrogens (tertiary/aromatic N) is 1. The molecule has 0 atom stereocenters. The van der Waals surface area contributed by atoms with Gasteiger partial charge >= 0.3 is 0 Å². The lowest BCUT2D eigenvalue weighted by molar-refractivity contribution is 0.0733. The van der Waals surface area contributed by atoms with Crippen LogP contribution in [0.5, 0.6) is 11.5 Å². The predicted octanol–water partition coefficient (Wildman–Crippen LogP) is 7.06. The summed E-state index contributed by atoms with van der Waals surface area (Å²) in [7, 11) is 3.01. The Labute approximate surface area is 201 Å². The minimum atomic E-state index is -0.146. The van der Waals surface area contributed by atoms with Gasteiger partial charge in [0, 0.05) is 13.1 Å². The fraction of sp³-hybridized carbons (Fsp3) is 0.500. The normalized spacial score (nSPS) is 14.2. The summed E-state index contributed by atoms with van der Waals surface area (Å²) in [6, 6.07) is 11.9. The Morgan fingerprint density at radius 3 is 2.19 bits per heavy atom. The first-order chi connectivity index (χ1) is 15.5. The first kappa shape index (κ1) is 24.7. The summed E-state index contributed by atoms with van der Waals surface area (Å²) in [4.78, 5) is 15.7. The van der Waals surface area contributed by atoms with Crippen LogP contribution in [0.3, 0.4) is 0 Å². The summed E-state index contributed by atoms with van der Waals surface area (Å²) in [5, 5.41) is 0.608. The van der Waals surface area contributed by atoms with Crippen LogP contribution < -0.4 is 9.47 Å². The van der Waals surface area contributed by atoms with E-state index < -0.39 is 0 Å². The number of rotatable bonds is 10. The Bertz CT molecular complexity index is 854. The maximum Gasteiger partial charge on any atom is 0.261 e. The largest absolute Gasteiger partial charge is 0.494 e. The number of ether oxygens (including phenoxy) is 2. The molecule has 1 aliphatic rings. The lowest BCUT2D eigenvalue weighted by Gasteiger charge is -2.28. The molecule has 3 rings (SSSR count).